The van der Waals surface area contributed by atoms with Gasteiger partial charge in [-0.15, -0.1) is 0 Å². The van der Waals surface area contributed by atoms with Gasteiger partial charge < -0.3 is 10.5 Å². The molecule has 1 aromatic rings. The summed E-state index contributed by atoms with van der Waals surface area (Å²) in [5, 5.41) is 0. The first-order valence-corrected chi connectivity index (χ1v) is 4.88. The molecule has 0 aliphatic carbocycles. The normalized spacial score (nSPS) is 13.8. The van der Waals surface area contributed by atoms with Gasteiger partial charge in [-0.25, -0.2) is 0 Å². The predicted octanol–water partition coefficient (Wildman–Crippen LogP) is 2.54. The van der Waals surface area contributed by atoms with Crippen LogP contribution in [0.2, 0.25) is 0 Å². The van der Waals surface area contributed by atoms with Gasteiger partial charge in [0.05, 0.1) is 7.11 Å². The van der Waals surface area contributed by atoms with E-state index in [1.165, 1.54) is 5.56 Å². The summed E-state index contributed by atoms with van der Waals surface area (Å²) >= 11 is 0. The van der Waals surface area contributed by atoms with Crippen LogP contribution in [-0.2, 0) is 0 Å². The first-order valence-electron chi connectivity index (χ1n) is 4.88. The van der Waals surface area contributed by atoms with Gasteiger partial charge in [-0.3, -0.25) is 0 Å². The second-order valence-corrected chi connectivity index (χ2v) is 4.29. The van der Waals surface area contributed by atoms with E-state index in [-0.39, 0.29) is 11.5 Å². The molecule has 14 heavy (non-hydrogen) atoms. The van der Waals surface area contributed by atoms with Crippen molar-refractivity contribution in [1.82, 2.24) is 0 Å². The number of nitrogens with two attached hydrogens (primary N) is 1. The Hall–Kier alpha value is -1.02. The molecule has 0 aliphatic rings. The SMILES string of the molecule is COc1ccccc1C(C)C(C)(C)N. The van der Waals surface area contributed by atoms with Crippen molar-refractivity contribution in [2.45, 2.75) is 32.2 Å². The number of hydrogen-bond donors (Lipinski definition) is 1. The molecule has 2 N–H and O–H groups in total. The fraction of sp³-hybridized carbons (Fsp3) is 0.500. The summed E-state index contributed by atoms with van der Waals surface area (Å²) in [5.41, 5.74) is 7.02. The van der Waals surface area contributed by atoms with Crippen molar-refractivity contribution in [1.29, 1.82) is 0 Å². The van der Waals surface area contributed by atoms with Crippen molar-refractivity contribution >= 4 is 0 Å². The van der Waals surface area contributed by atoms with E-state index in [9.17, 15) is 0 Å². The maximum Gasteiger partial charge on any atom is 0.122 e. The summed E-state index contributed by atoms with van der Waals surface area (Å²) < 4.78 is 5.31. The lowest BCUT2D eigenvalue weighted by Gasteiger charge is -2.28. The van der Waals surface area contributed by atoms with Gasteiger partial charge in [-0.1, -0.05) is 25.1 Å². The van der Waals surface area contributed by atoms with Crippen LogP contribution in [0.5, 0.6) is 5.75 Å². The molecule has 1 aromatic carbocycles. The third-order valence-corrected chi connectivity index (χ3v) is 2.72. The molecule has 78 valence electrons. The summed E-state index contributed by atoms with van der Waals surface area (Å²) in [6.45, 7) is 6.19. The van der Waals surface area contributed by atoms with Crippen molar-refractivity contribution in [2.24, 2.45) is 5.73 Å². The van der Waals surface area contributed by atoms with Crippen LogP contribution in [0.15, 0.2) is 24.3 Å². The number of hydrogen-bond acceptors (Lipinski definition) is 2. The number of benzene rings is 1. The largest absolute Gasteiger partial charge is 0.496 e. The number of rotatable bonds is 3. The minimum absolute atomic E-state index is 0.228. The van der Waals surface area contributed by atoms with Gasteiger partial charge in [0.25, 0.3) is 0 Å². The third-order valence-electron chi connectivity index (χ3n) is 2.72. The second kappa shape index (κ2) is 4.01. The van der Waals surface area contributed by atoms with Crippen LogP contribution in [0, 0.1) is 0 Å². The van der Waals surface area contributed by atoms with Crippen molar-refractivity contribution in [3.63, 3.8) is 0 Å². The average molecular weight is 193 g/mol. The van der Waals surface area contributed by atoms with Crippen LogP contribution in [0.3, 0.4) is 0 Å². The van der Waals surface area contributed by atoms with E-state index in [2.05, 4.69) is 13.0 Å². The molecular weight excluding hydrogens is 174 g/mol. The van der Waals surface area contributed by atoms with E-state index in [1.54, 1.807) is 7.11 Å². The second-order valence-electron chi connectivity index (χ2n) is 4.29. The summed E-state index contributed by atoms with van der Waals surface area (Å²) in [6, 6.07) is 8.02. The van der Waals surface area contributed by atoms with Crippen molar-refractivity contribution in [2.75, 3.05) is 7.11 Å². The zero-order valence-corrected chi connectivity index (χ0v) is 9.37. The lowest BCUT2D eigenvalue weighted by Crippen LogP contribution is -2.37. The number of para-hydroxylation sites is 1. The predicted molar refractivity (Wildman–Crippen MR) is 59.7 cm³/mol. The van der Waals surface area contributed by atoms with Crippen molar-refractivity contribution in [3.8, 4) is 5.75 Å². The molecule has 2 heteroatoms. The van der Waals surface area contributed by atoms with E-state index in [4.69, 9.17) is 10.5 Å². The molecule has 0 saturated heterocycles. The van der Waals surface area contributed by atoms with Crippen molar-refractivity contribution < 1.29 is 4.74 Å². The van der Waals surface area contributed by atoms with E-state index >= 15 is 0 Å². The molecule has 0 spiro atoms. The summed E-state index contributed by atoms with van der Waals surface area (Å²) in [5.74, 6) is 1.19. The molecule has 1 unspecified atom stereocenters. The van der Waals surface area contributed by atoms with Gasteiger partial charge in [0.1, 0.15) is 5.75 Å². The molecule has 0 aliphatic heterocycles. The molecule has 1 atom stereocenters. The molecule has 0 saturated carbocycles. The Morgan fingerprint density at radius 2 is 1.86 bits per heavy atom. The minimum Gasteiger partial charge on any atom is -0.496 e. The van der Waals surface area contributed by atoms with Crippen LogP contribution < -0.4 is 10.5 Å². The lowest BCUT2D eigenvalue weighted by atomic mass is 9.84. The summed E-state index contributed by atoms with van der Waals surface area (Å²) in [7, 11) is 1.69. The van der Waals surface area contributed by atoms with Crippen LogP contribution >= 0.6 is 0 Å². The monoisotopic (exact) mass is 193 g/mol. The molecule has 0 amide bonds. The maximum atomic E-state index is 6.08. The highest BCUT2D eigenvalue weighted by Gasteiger charge is 2.24. The zero-order valence-electron chi connectivity index (χ0n) is 9.37. The van der Waals surface area contributed by atoms with Gasteiger partial charge in [0.2, 0.25) is 0 Å². The van der Waals surface area contributed by atoms with E-state index < -0.39 is 0 Å². The Bertz CT molecular complexity index is 301. The summed E-state index contributed by atoms with van der Waals surface area (Å²) in [6.07, 6.45) is 0. The Morgan fingerprint density at radius 1 is 1.29 bits per heavy atom. The topological polar surface area (TPSA) is 35.2 Å². The molecule has 0 heterocycles. The first kappa shape index (κ1) is 11.1. The van der Waals surface area contributed by atoms with E-state index in [1.807, 2.05) is 32.0 Å². The highest BCUT2D eigenvalue weighted by molar-refractivity contribution is 5.37. The standard InChI is InChI=1S/C12H19NO/c1-9(12(2,3)13)10-7-5-6-8-11(10)14-4/h5-9H,13H2,1-4H3. The fourth-order valence-electron chi connectivity index (χ4n) is 1.42. The molecule has 2 nitrogen and oxygen atoms in total. The Balaban J connectivity index is 3.06. The Labute approximate surface area is 86.1 Å². The van der Waals surface area contributed by atoms with Crippen LogP contribution in [0.25, 0.3) is 0 Å². The fourth-order valence-corrected chi connectivity index (χ4v) is 1.42. The highest BCUT2D eigenvalue weighted by Crippen LogP contribution is 2.32. The molecule has 0 bridgehead atoms. The molecule has 0 aromatic heterocycles. The first-order chi connectivity index (χ1) is 6.46. The van der Waals surface area contributed by atoms with Crippen LogP contribution in [0.4, 0.5) is 0 Å². The Morgan fingerprint density at radius 3 is 2.36 bits per heavy atom. The van der Waals surface area contributed by atoms with Gasteiger partial charge in [0.15, 0.2) is 0 Å². The van der Waals surface area contributed by atoms with Gasteiger partial charge in [0, 0.05) is 11.5 Å². The molecule has 0 fully saturated rings. The number of ether oxygens (including phenoxy) is 1. The van der Waals surface area contributed by atoms with Crippen molar-refractivity contribution in [3.05, 3.63) is 29.8 Å². The average Bonchev–Trinajstić information content (AvgIpc) is 2.15. The van der Waals surface area contributed by atoms with Crippen LogP contribution in [-0.4, -0.2) is 12.6 Å². The molecule has 1 rings (SSSR count). The highest BCUT2D eigenvalue weighted by atomic mass is 16.5. The zero-order chi connectivity index (χ0) is 10.8. The third kappa shape index (κ3) is 2.26. The minimum atomic E-state index is -0.228. The number of methoxy groups -OCH3 is 1. The van der Waals surface area contributed by atoms with Crippen LogP contribution in [0.1, 0.15) is 32.3 Å². The molecule has 0 radical (unpaired) electrons. The Kier molecular flexibility index (Phi) is 3.17. The molecular formula is C12H19NO. The van der Waals surface area contributed by atoms with E-state index in [0.717, 1.165) is 5.75 Å². The van der Waals surface area contributed by atoms with Gasteiger partial charge >= 0.3 is 0 Å². The quantitative estimate of drug-likeness (QED) is 0.800. The maximum absolute atomic E-state index is 6.08. The van der Waals surface area contributed by atoms with E-state index in [0.29, 0.717) is 0 Å². The van der Waals surface area contributed by atoms with Gasteiger partial charge in [-0.05, 0) is 25.5 Å². The smallest absolute Gasteiger partial charge is 0.122 e. The van der Waals surface area contributed by atoms with Gasteiger partial charge in [-0.2, -0.15) is 0 Å². The summed E-state index contributed by atoms with van der Waals surface area (Å²) in [4.78, 5) is 0. The lowest BCUT2D eigenvalue weighted by molar-refractivity contribution is 0.383.